The molecule has 0 bridgehead atoms. The van der Waals surface area contributed by atoms with Gasteiger partial charge < -0.3 is 24.6 Å². The summed E-state index contributed by atoms with van der Waals surface area (Å²) in [5.41, 5.74) is -0.659. The number of rotatable bonds is 11. The lowest BCUT2D eigenvalue weighted by atomic mass is 9.87. The highest BCUT2D eigenvalue weighted by Gasteiger charge is 2.32. The molecule has 42 heavy (non-hydrogen) atoms. The molecule has 0 aliphatic carbocycles. The van der Waals surface area contributed by atoms with Gasteiger partial charge in [0.05, 0.1) is 30.6 Å². The average molecular weight is 581 g/mol. The summed E-state index contributed by atoms with van der Waals surface area (Å²) in [6, 6.07) is 14.3. The molecular weight excluding hydrogens is 539 g/mol. The minimum absolute atomic E-state index is 0.0292. The highest BCUT2D eigenvalue weighted by atomic mass is 19.1. The summed E-state index contributed by atoms with van der Waals surface area (Å²) in [6.45, 7) is 12.9. The van der Waals surface area contributed by atoms with Gasteiger partial charge in [-0.05, 0) is 115 Å². The standard InChI is InChI=1S/C33H41FN2O6/c1-9-41-27-15-12-22(18-28(27)40-8)26(37)16-17-33(7,39)29-20-23(32(5,6)36-30(38)42-31(2,3)4)19-25(35-29)21-10-13-24(34)14-11-21/h10-15,18-20,39H,9,16-17H2,1-8H3,(H,36,38). The van der Waals surface area contributed by atoms with Crippen LogP contribution < -0.4 is 14.8 Å². The lowest BCUT2D eigenvalue weighted by Gasteiger charge is -2.31. The SMILES string of the molecule is CCOc1ccc(C(=O)CCC(C)(O)c2cc(C(C)(C)NC(=O)OC(C)(C)C)cc(-c3ccc(F)cc3)n2)cc1OC. The molecule has 0 aliphatic rings. The van der Waals surface area contributed by atoms with Crippen molar-refractivity contribution in [1.82, 2.24) is 10.3 Å². The Bertz CT molecular complexity index is 1410. The number of hydrogen-bond donors (Lipinski definition) is 2. The fraction of sp³-hybridized carbons (Fsp3) is 0.424. The molecule has 226 valence electrons. The van der Waals surface area contributed by atoms with Crippen molar-refractivity contribution < 1.29 is 33.3 Å². The van der Waals surface area contributed by atoms with Gasteiger partial charge >= 0.3 is 6.09 Å². The number of amides is 1. The highest BCUT2D eigenvalue weighted by Crippen LogP contribution is 2.34. The molecule has 2 N–H and O–H groups in total. The third-order valence-corrected chi connectivity index (χ3v) is 6.68. The lowest BCUT2D eigenvalue weighted by molar-refractivity contribution is 0.0394. The first-order valence-corrected chi connectivity index (χ1v) is 13.9. The van der Waals surface area contributed by atoms with Crippen LogP contribution in [0.25, 0.3) is 11.3 Å². The van der Waals surface area contributed by atoms with E-state index in [1.165, 1.54) is 19.2 Å². The van der Waals surface area contributed by atoms with Crippen LogP contribution in [0.2, 0.25) is 0 Å². The molecule has 2 aromatic carbocycles. The van der Waals surface area contributed by atoms with Crippen LogP contribution in [-0.4, -0.2) is 41.3 Å². The summed E-state index contributed by atoms with van der Waals surface area (Å²) in [6.07, 6.45) is -0.500. The highest BCUT2D eigenvalue weighted by molar-refractivity contribution is 5.96. The number of ketones is 1. The van der Waals surface area contributed by atoms with Crippen molar-refractivity contribution in [2.45, 2.75) is 78.0 Å². The van der Waals surface area contributed by atoms with Crippen LogP contribution in [0.4, 0.5) is 9.18 Å². The Kier molecular flexibility index (Phi) is 9.99. The minimum Gasteiger partial charge on any atom is -0.493 e. The van der Waals surface area contributed by atoms with Crippen LogP contribution in [0.1, 0.15) is 82.9 Å². The number of methoxy groups -OCH3 is 1. The van der Waals surface area contributed by atoms with E-state index in [0.29, 0.717) is 46.2 Å². The largest absolute Gasteiger partial charge is 0.493 e. The van der Waals surface area contributed by atoms with Crippen molar-refractivity contribution in [1.29, 1.82) is 0 Å². The van der Waals surface area contributed by atoms with Gasteiger partial charge in [0.2, 0.25) is 0 Å². The smallest absolute Gasteiger partial charge is 0.408 e. The summed E-state index contributed by atoms with van der Waals surface area (Å²) in [7, 11) is 1.51. The number of benzene rings is 2. The van der Waals surface area contributed by atoms with Crippen molar-refractivity contribution in [2.24, 2.45) is 0 Å². The third kappa shape index (κ3) is 8.52. The van der Waals surface area contributed by atoms with E-state index >= 15 is 0 Å². The fourth-order valence-electron chi connectivity index (χ4n) is 4.31. The molecule has 1 amide bonds. The Balaban J connectivity index is 1.94. The number of carbonyl (C=O) groups is 2. The van der Waals surface area contributed by atoms with E-state index in [4.69, 9.17) is 19.2 Å². The summed E-state index contributed by atoms with van der Waals surface area (Å²) in [5, 5.41) is 14.5. The number of ether oxygens (including phenoxy) is 3. The number of nitrogens with one attached hydrogen (secondary N) is 1. The van der Waals surface area contributed by atoms with Gasteiger partial charge in [-0.2, -0.15) is 0 Å². The number of aromatic nitrogens is 1. The summed E-state index contributed by atoms with van der Waals surface area (Å²) in [5.74, 6) is 0.421. The molecule has 1 unspecified atom stereocenters. The van der Waals surface area contributed by atoms with E-state index in [2.05, 4.69) is 5.32 Å². The van der Waals surface area contributed by atoms with Gasteiger partial charge in [0.25, 0.3) is 0 Å². The maximum absolute atomic E-state index is 13.7. The predicted molar refractivity (Wildman–Crippen MR) is 159 cm³/mol. The van der Waals surface area contributed by atoms with E-state index in [1.54, 1.807) is 70.2 Å². The van der Waals surface area contributed by atoms with Crippen LogP contribution in [0.15, 0.2) is 54.6 Å². The van der Waals surface area contributed by atoms with Gasteiger partial charge in [-0.25, -0.2) is 14.2 Å². The average Bonchev–Trinajstić information content (AvgIpc) is 2.91. The Hall–Kier alpha value is -3.98. The number of aliphatic hydroxyl groups is 1. The number of halogens is 1. The van der Waals surface area contributed by atoms with Gasteiger partial charge in [0.15, 0.2) is 17.3 Å². The number of carbonyl (C=O) groups excluding carboxylic acids is 2. The van der Waals surface area contributed by atoms with Crippen molar-refractivity contribution in [3.05, 3.63) is 77.2 Å². The van der Waals surface area contributed by atoms with Crippen LogP contribution in [0.3, 0.4) is 0 Å². The number of hydrogen-bond acceptors (Lipinski definition) is 7. The first-order chi connectivity index (χ1) is 19.5. The number of Topliss-reactive ketones (excluding diaryl/α,β-unsaturated/α-hetero) is 1. The Labute approximate surface area is 247 Å². The van der Waals surface area contributed by atoms with E-state index < -0.39 is 28.7 Å². The second-order valence-electron chi connectivity index (χ2n) is 11.9. The number of nitrogens with zero attached hydrogens (tertiary/aromatic N) is 1. The zero-order valence-electron chi connectivity index (χ0n) is 25.6. The molecule has 1 aromatic heterocycles. The molecule has 0 fully saturated rings. The van der Waals surface area contributed by atoms with Gasteiger partial charge in [-0.3, -0.25) is 4.79 Å². The summed E-state index contributed by atoms with van der Waals surface area (Å²) < 4.78 is 30.0. The number of alkyl carbamates (subject to hydrolysis) is 1. The second-order valence-corrected chi connectivity index (χ2v) is 11.9. The lowest BCUT2D eigenvalue weighted by Crippen LogP contribution is -2.44. The molecule has 0 saturated heterocycles. The monoisotopic (exact) mass is 580 g/mol. The quantitative estimate of drug-likeness (QED) is 0.237. The van der Waals surface area contributed by atoms with Gasteiger partial charge in [-0.1, -0.05) is 0 Å². The number of pyridine rings is 1. The van der Waals surface area contributed by atoms with Crippen molar-refractivity contribution in [2.75, 3.05) is 13.7 Å². The first-order valence-electron chi connectivity index (χ1n) is 13.9. The zero-order valence-corrected chi connectivity index (χ0v) is 25.6. The van der Waals surface area contributed by atoms with Crippen molar-refractivity contribution >= 4 is 11.9 Å². The van der Waals surface area contributed by atoms with Crippen molar-refractivity contribution in [3.8, 4) is 22.8 Å². The molecule has 1 atom stereocenters. The molecule has 0 aliphatic heterocycles. The molecule has 0 saturated carbocycles. The Morgan fingerprint density at radius 1 is 0.952 bits per heavy atom. The molecule has 3 aromatic rings. The molecular formula is C33H41FN2O6. The maximum Gasteiger partial charge on any atom is 0.408 e. The normalized spacial score (nSPS) is 13.2. The minimum atomic E-state index is -1.52. The topological polar surface area (TPSA) is 107 Å². The maximum atomic E-state index is 13.7. The predicted octanol–water partition coefficient (Wildman–Crippen LogP) is 6.93. The van der Waals surface area contributed by atoms with Crippen LogP contribution in [-0.2, 0) is 15.9 Å². The first kappa shape index (κ1) is 32.5. The third-order valence-electron chi connectivity index (χ3n) is 6.68. The Morgan fingerprint density at radius 2 is 1.62 bits per heavy atom. The Morgan fingerprint density at radius 3 is 2.21 bits per heavy atom. The van der Waals surface area contributed by atoms with Gasteiger partial charge in [0, 0.05) is 17.5 Å². The fourth-order valence-corrected chi connectivity index (χ4v) is 4.31. The van der Waals surface area contributed by atoms with Gasteiger partial charge in [-0.15, -0.1) is 0 Å². The second kappa shape index (κ2) is 12.9. The van der Waals surface area contributed by atoms with Crippen LogP contribution >= 0.6 is 0 Å². The van der Waals surface area contributed by atoms with Crippen LogP contribution in [0.5, 0.6) is 11.5 Å². The molecule has 0 radical (unpaired) electrons. The molecule has 0 spiro atoms. The van der Waals surface area contributed by atoms with Crippen LogP contribution in [0, 0.1) is 5.82 Å². The zero-order chi connectivity index (χ0) is 31.3. The summed E-state index contributed by atoms with van der Waals surface area (Å²) in [4.78, 5) is 30.5. The molecule has 8 nitrogen and oxygen atoms in total. The molecule has 3 rings (SSSR count). The molecule has 1 heterocycles. The van der Waals surface area contributed by atoms with E-state index in [0.717, 1.165) is 0 Å². The summed E-state index contributed by atoms with van der Waals surface area (Å²) >= 11 is 0. The van der Waals surface area contributed by atoms with Gasteiger partial charge in [0.1, 0.15) is 17.0 Å². The van der Waals surface area contributed by atoms with E-state index in [1.807, 2.05) is 20.8 Å². The molecule has 9 heteroatoms. The van der Waals surface area contributed by atoms with E-state index in [-0.39, 0.29) is 18.6 Å². The van der Waals surface area contributed by atoms with E-state index in [9.17, 15) is 19.1 Å². The van der Waals surface area contributed by atoms with Crippen molar-refractivity contribution in [3.63, 3.8) is 0 Å².